The van der Waals surface area contributed by atoms with Crippen LogP contribution in [0.4, 0.5) is 5.82 Å². The van der Waals surface area contributed by atoms with Gasteiger partial charge in [-0.15, -0.1) is 0 Å². The minimum Gasteiger partial charge on any atom is -0.460 e. The third kappa shape index (κ3) is 4.60. The molecule has 0 aliphatic carbocycles. The molecule has 1 aliphatic rings. The molecule has 2 N–H and O–H groups in total. The highest BCUT2D eigenvalue weighted by molar-refractivity contribution is 7.98. The molecule has 1 aliphatic heterocycles. The Hall–Kier alpha value is -3.39. The van der Waals surface area contributed by atoms with Gasteiger partial charge in [-0.3, -0.25) is 9.78 Å². The van der Waals surface area contributed by atoms with Crippen molar-refractivity contribution in [3.8, 4) is 0 Å². The third-order valence-corrected chi connectivity index (χ3v) is 5.99. The van der Waals surface area contributed by atoms with Crippen molar-refractivity contribution < 1.29 is 9.53 Å². The summed E-state index contributed by atoms with van der Waals surface area (Å²) >= 11 is 1.45. The van der Waals surface area contributed by atoms with Gasteiger partial charge in [0.1, 0.15) is 5.82 Å². The number of aromatic nitrogens is 3. The molecule has 1 aromatic carbocycles. The molecule has 7 nitrogen and oxygen atoms in total. The van der Waals surface area contributed by atoms with E-state index in [-0.39, 0.29) is 11.7 Å². The Labute approximate surface area is 190 Å². The second-order valence-electron chi connectivity index (χ2n) is 7.74. The number of ether oxygens (including phenoxy) is 1. The number of thioether (sulfide) groups is 1. The normalized spacial score (nSPS) is 15.3. The average molecular weight is 449 g/mol. The molecule has 3 heterocycles. The molecule has 0 fully saturated rings. The molecule has 3 aromatic rings. The van der Waals surface area contributed by atoms with Crippen LogP contribution in [0.3, 0.4) is 0 Å². The second kappa shape index (κ2) is 9.40. The Morgan fingerprint density at radius 3 is 2.56 bits per heavy atom. The minimum atomic E-state index is -0.607. The van der Waals surface area contributed by atoms with Crippen LogP contribution in [0.2, 0.25) is 0 Å². The number of carbonyl (C=O) groups is 1. The van der Waals surface area contributed by atoms with Crippen LogP contribution >= 0.6 is 11.8 Å². The largest absolute Gasteiger partial charge is 0.460 e. The number of benzene rings is 1. The van der Waals surface area contributed by atoms with Crippen LogP contribution < -0.4 is 10.9 Å². The molecule has 0 bridgehead atoms. The van der Waals surface area contributed by atoms with Gasteiger partial charge in [-0.05, 0) is 44.0 Å². The summed E-state index contributed by atoms with van der Waals surface area (Å²) in [5.41, 5.74) is 3.02. The van der Waals surface area contributed by atoms with Gasteiger partial charge >= 0.3 is 5.97 Å². The Balaban J connectivity index is 1.75. The third-order valence-electron chi connectivity index (χ3n) is 5.04. The van der Waals surface area contributed by atoms with Crippen LogP contribution in [0.15, 0.2) is 76.1 Å². The van der Waals surface area contributed by atoms with Gasteiger partial charge in [-0.2, -0.15) is 0 Å². The molecule has 0 saturated carbocycles. The maximum absolute atomic E-state index is 13.2. The Bertz CT molecular complexity index is 1210. The van der Waals surface area contributed by atoms with E-state index in [1.165, 1.54) is 11.8 Å². The first-order chi connectivity index (χ1) is 15.4. The number of allylic oxidation sites excluding steroid dienone is 1. The molecule has 0 amide bonds. The zero-order valence-electron chi connectivity index (χ0n) is 18.1. The molecule has 2 aromatic heterocycles. The number of aromatic amines is 1. The number of carbonyl (C=O) groups excluding carboxylic acids is 1. The highest BCUT2D eigenvalue weighted by Crippen LogP contribution is 2.40. The van der Waals surface area contributed by atoms with Crippen molar-refractivity contribution in [2.75, 3.05) is 5.32 Å². The van der Waals surface area contributed by atoms with Gasteiger partial charge in [-0.1, -0.05) is 42.1 Å². The SMILES string of the molecule is CC1=C(C(=O)OC(C)C)[C@H](c2ccncc2)c2c(nc(SCc3ccccc3)[nH]c2=O)N1. The van der Waals surface area contributed by atoms with Crippen molar-refractivity contribution in [3.63, 3.8) is 0 Å². The number of rotatable bonds is 6. The summed E-state index contributed by atoms with van der Waals surface area (Å²) < 4.78 is 5.49. The predicted octanol–water partition coefficient (Wildman–Crippen LogP) is 4.24. The van der Waals surface area contributed by atoms with E-state index in [0.29, 0.717) is 33.6 Å². The first kappa shape index (κ1) is 21.8. The smallest absolute Gasteiger partial charge is 0.337 e. The highest BCUT2D eigenvalue weighted by Gasteiger charge is 2.36. The summed E-state index contributed by atoms with van der Waals surface area (Å²) in [6, 6.07) is 13.6. The Morgan fingerprint density at radius 2 is 1.88 bits per heavy atom. The van der Waals surface area contributed by atoms with Crippen LogP contribution in [0.5, 0.6) is 0 Å². The van der Waals surface area contributed by atoms with Crippen LogP contribution in [0.25, 0.3) is 0 Å². The van der Waals surface area contributed by atoms with Gasteiger partial charge < -0.3 is 15.0 Å². The molecule has 0 radical (unpaired) electrons. The van der Waals surface area contributed by atoms with Crippen molar-refractivity contribution in [1.29, 1.82) is 0 Å². The number of hydrogen-bond acceptors (Lipinski definition) is 7. The number of hydrogen-bond donors (Lipinski definition) is 2. The molecular weight excluding hydrogens is 424 g/mol. The zero-order chi connectivity index (χ0) is 22.7. The molecule has 164 valence electrons. The summed E-state index contributed by atoms with van der Waals surface area (Å²) in [7, 11) is 0. The van der Waals surface area contributed by atoms with Gasteiger partial charge in [0.2, 0.25) is 0 Å². The lowest BCUT2D eigenvalue weighted by Gasteiger charge is -2.29. The van der Waals surface area contributed by atoms with E-state index < -0.39 is 11.9 Å². The second-order valence-corrected chi connectivity index (χ2v) is 8.70. The van der Waals surface area contributed by atoms with Gasteiger partial charge in [-0.25, -0.2) is 9.78 Å². The zero-order valence-corrected chi connectivity index (χ0v) is 18.9. The summed E-state index contributed by atoms with van der Waals surface area (Å²) in [5, 5.41) is 3.68. The maximum atomic E-state index is 13.2. The Kier molecular flexibility index (Phi) is 6.41. The quantitative estimate of drug-likeness (QED) is 0.331. The lowest BCUT2D eigenvalue weighted by Crippen LogP contribution is -2.31. The lowest BCUT2D eigenvalue weighted by atomic mass is 9.83. The van der Waals surface area contributed by atoms with Crippen LogP contribution in [0, 0.1) is 0 Å². The average Bonchev–Trinajstić information content (AvgIpc) is 2.77. The number of anilines is 1. The van der Waals surface area contributed by atoms with E-state index in [1.54, 1.807) is 45.3 Å². The number of esters is 1. The molecule has 1 atom stereocenters. The number of nitrogens with one attached hydrogen (secondary N) is 2. The van der Waals surface area contributed by atoms with Crippen molar-refractivity contribution in [2.45, 2.75) is 43.7 Å². The van der Waals surface area contributed by atoms with E-state index >= 15 is 0 Å². The standard InChI is InChI=1S/C24H24N4O3S/c1-14(2)31-23(30)18-15(3)26-21-20(19(18)17-9-11-25-12-10-17)22(29)28-24(27-21)32-13-16-7-5-4-6-8-16/h4-12,14,19H,13H2,1-3H3,(H2,26,27,28,29)/t19-/m0/s1. The van der Waals surface area contributed by atoms with E-state index in [2.05, 4.69) is 20.3 Å². The molecule has 0 unspecified atom stereocenters. The van der Waals surface area contributed by atoms with E-state index in [0.717, 1.165) is 11.1 Å². The van der Waals surface area contributed by atoms with E-state index in [4.69, 9.17) is 4.74 Å². The molecule has 8 heteroatoms. The number of pyridine rings is 1. The minimum absolute atomic E-state index is 0.282. The van der Waals surface area contributed by atoms with Crippen molar-refractivity contribution >= 4 is 23.5 Å². The fourth-order valence-electron chi connectivity index (χ4n) is 3.66. The lowest BCUT2D eigenvalue weighted by molar-refractivity contribution is -0.143. The highest BCUT2D eigenvalue weighted by atomic mass is 32.2. The topological polar surface area (TPSA) is 97.0 Å². The molecule has 0 spiro atoms. The molecule has 32 heavy (non-hydrogen) atoms. The predicted molar refractivity (Wildman–Crippen MR) is 124 cm³/mol. The van der Waals surface area contributed by atoms with Crippen molar-refractivity contribution in [3.05, 3.63) is 93.2 Å². The van der Waals surface area contributed by atoms with Crippen LogP contribution in [-0.4, -0.2) is 27.0 Å². The van der Waals surface area contributed by atoms with Crippen molar-refractivity contribution in [1.82, 2.24) is 15.0 Å². The number of nitrogens with zero attached hydrogens (tertiary/aromatic N) is 2. The molecule has 0 saturated heterocycles. The molecular formula is C24H24N4O3S. The maximum Gasteiger partial charge on any atom is 0.337 e. The fourth-order valence-corrected chi connectivity index (χ4v) is 4.48. The summed E-state index contributed by atoms with van der Waals surface area (Å²) in [5.74, 6) is 0.0611. The van der Waals surface area contributed by atoms with Gasteiger partial charge in [0.15, 0.2) is 5.16 Å². The first-order valence-corrected chi connectivity index (χ1v) is 11.3. The van der Waals surface area contributed by atoms with Crippen LogP contribution in [-0.2, 0) is 15.3 Å². The van der Waals surface area contributed by atoms with Crippen LogP contribution in [0.1, 0.15) is 43.4 Å². The van der Waals surface area contributed by atoms with Gasteiger partial charge in [0, 0.05) is 23.8 Å². The van der Waals surface area contributed by atoms with Gasteiger partial charge in [0.05, 0.1) is 23.2 Å². The van der Waals surface area contributed by atoms with Crippen molar-refractivity contribution in [2.24, 2.45) is 0 Å². The molecule has 4 rings (SSSR count). The van der Waals surface area contributed by atoms with E-state index in [1.807, 2.05) is 30.3 Å². The Morgan fingerprint density at radius 1 is 1.16 bits per heavy atom. The van der Waals surface area contributed by atoms with E-state index in [9.17, 15) is 9.59 Å². The summed E-state index contributed by atoms with van der Waals surface area (Å²) in [4.78, 5) is 37.8. The monoisotopic (exact) mass is 448 g/mol. The number of H-pyrrole nitrogens is 1. The fraction of sp³-hybridized carbons (Fsp3) is 0.250. The summed E-state index contributed by atoms with van der Waals surface area (Å²) in [6.07, 6.45) is 3.00. The first-order valence-electron chi connectivity index (χ1n) is 10.3. The summed E-state index contributed by atoms with van der Waals surface area (Å²) in [6.45, 7) is 5.39. The van der Waals surface area contributed by atoms with Gasteiger partial charge in [0.25, 0.3) is 5.56 Å². The number of fused-ring (bicyclic) bond motifs is 1.